The number of carbonyl (C=O) groups is 2. The Kier molecular flexibility index (Phi) is 5.81. The molecule has 0 bridgehead atoms. The van der Waals surface area contributed by atoms with E-state index in [4.69, 9.17) is 26.1 Å². The van der Waals surface area contributed by atoms with E-state index in [0.29, 0.717) is 38.9 Å². The van der Waals surface area contributed by atoms with Gasteiger partial charge in [-0.1, -0.05) is 17.7 Å². The van der Waals surface area contributed by atoms with Gasteiger partial charge in [-0.15, -0.1) is 0 Å². The summed E-state index contributed by atoms with van der Waals surface area (Å²) >= 11 is 6.28. The fourth-order valence-electron chi connectivity index (χ4n) is 5.63. The number of anilines is 2. The third-order valence-electron chi connectivity index (χ3n) is 7.09. The normalized spacial score (nSPS) is 17.4. The highest BCUT2D eigenvalue weighted by molar-refractivity contribution is 6.31. The number of hydrogen-bond acceptors (Lipinski definition) is 7. The van der Waals surface area contributed by atoms with Crippen molar-refractivity contribution in [3.63, 3.8) is 0 Å². The number of fused-ring (bicyclic) bond motifs is 4. The molecule has 40 heavy (non-hydrogen) atoms. The predicted octanol–water partition coefficient (Wildman–Crippen LogP) is 4.90. The van der Waals surface area contributed by atoms with Gasteiger partial charge in [-0.05, 0) is 56.7 Å². The molecular formula is C28H24ClFN6O4. The van der Waals surface area contributed by atoms with Crippen LogP contribution in [0.15, 0.2) is 42.6 Å². The molecule has 12 heteroatoms. The Morgan fingerprint density at radius 3 is 2.52 bits per heavy atom. The molecule has 2 aliphatic heterocycles. The Hall–Kier alpha value is -4.51. The van der Waals surface area contributed by atoms with Crippen LogP contribution in [0.3, 0.4) is 0 Å². The number of halogens is 2. The lowest BCUT2D eigenvalue weighted by atomic mass is 9.87. The predicted molar refractivity (Wildman–Crippen MR) is 146 cm³/mol. The second-order valence-electron chi connectivity index (χ2n) is 9.86. The van der Waals surface area contributed by atoms with Crippen molar-refractivity contribution in [3.05, 3.63) is 75.9 Å². The smallest absolute Gasteiger partial charge is 0.319 e. The van der Waals surface area contributed by atoms with Gasteiger partial charge in [-0.3, -0.25) is 14.5 Å². The molecule has 4 aromatic rings. The van der Waals surface area contributed by atoms with Gasteiger partial charge in [0, 0.05) is 34.2 Å². The van der Waals surface area contributed by atoms with E-state index in [1.54, 1.807) is 35.8 Å². The summed E-state index contributed by atoms with van der Waals surface area (Å²) in [6.07, 6.45) is 1.49. The number of aromatic nitrogens is 4. The van der Waals surface area contributed by atoms with Crippen LogP contribution in [0.1, 0.15) is 47.2 Å². The number of benzene rings is 2. The molecule has 1 atom stereocenters. The minimum atomic E-state index is -1.71. The topological polar surface area (TPSA) is 111 Å². The van der Waals surface area contributed by atoms with E-state index in [-0.39, 0.29) is 29.3 Å². The number of ether oxygens (including phenoxy) is 2. The summed E-state index contributed by atoms with van der Waals surface area (Å²) in [5.41, 5.74) is 0.815. The van der Waals surface area contributed by atoms with Crippen molar-refractivity contribution in [3.8, 4) is 23.3 Å². The highest BCUT2D eigenvalue weighted by Gasteiger charge is 2.64. The maximum absolute atomic E-state index is 14.7. The van der Waals surface area contributed by atoms with Crippen LogP contribution < -0.4 is 19.7 Å². The first-order valence-corrected chi connectivity index (χ1v) is 12.8. The second kappa shape index (κ2) is 9.02. The van der Waals surface area contributed by atoms with Crippen LogP contribution in [-0.2, 0) is 10.3 Å². The Labute approximate surface area is 233 Å². The van der Waals surface area contributed by atoms with Gasteiger partial charge in [0.05, 0.1) is 25.5 Å². The van der Waals surface area contributed by atoms with Crippen LogP contribution >= 0.6 is 11.6 Å². The molecule has 1 N–H and O–H groups in total. The molecule has 0 saturated carbocycles. The van der Waals surface area contributed by atoms with E-state index in [1.807, 2.05) is 13.8 Å². The van der Waals surface area contributed by atoms with Gasteiger partial charge >= 0.3 is 6.01 Å². The standard InChI is InChI=1S/C28H24ClFN6O4/c1-13(2)35-22-21(33-23(35)18-12-31-27(40-5)34-24(18)39-4)25(37)36(17-9-14(3)8-16(30)11-17)28(22)19-7-6-15(29)10-20(19)32-26(28)38/h6-13H,1-5H3,(H,32,38). The molecule has 1 spiro atoms. The average Bonchev–Trinajstić information content (AvgIpc) is 3.51. The lowest BCUT2D eigenvalue weighted by Crippen LogP contribution is -2.51. The van der Waals surface area contributed by atoms with Gasteiger partial charge < -0.3 is 19.4 Å². The second-order valence-corrected chi connectivity index (χ2v) is 10.3. The lowest BCUT2D eigenvalue weighted by molar-refractivity contribution is -0.119. The molecule has 6 rings (SSSR count). The zero-order valence-corrected chi connectivity index (χ0v) is 23.0. The Morgan fingerprint density at radius 2 is 1.85 bits per heavy atom. The van der Waals surface area contributed by atoms with Gasteiger partial charge in [0.25, 0.3) is 11.8 Å². The molecule has 2 aliphatic rings. The summed E-state index contributed by atoms with van der Waals surface area (Å²) in [5, 5.41) is 3.31. The first-order chi connectivity index (χ1) is 19.1. The molecular weight excluding hydrogens is 539 g/mol. The number of rotatable bonds is 5. The maximum Gasteiger partial charge on any atom is 0.319 e. The van der Waals surface area contributed by atoms with Crippen molar-refractivity contribution >= 4 is 34.8 Å². The molecule has 0 saturated heterocycles. The van der Waals surface area contributed by atoms with E-state index in [9.17, 15) is 14.0 Å². The van der Waals surface area contributed by atoms with Crippen LogP contribution in [-0.4, -0.2) is 45.6 Å². The van der Waals surface area contributed by atoms with Crippen molar-refractivity contribution in [1.29, 1.82) is 0 Å². The van der Waals surface area contributed by atoms with Crippen LogP contribution in [0.2, 0.25) is 5.02 Å². The van der Waals surface area contributed by atoms with Crippen molar-refractivity contribution < 1.29 is 23.5 Å². The van der Waals surface area contributed by atoms with Crippen molar-refractivity contribution in [2.45, 2.75) is 32.4 Å². The van der Waals surface area contributed by atoms with Gasteiger partial charge in [0.15, 0.2) is 11.2 Å². The average molecular weight is 563 g/mol. The minimum Gasteiger partial charge on any atom is -0.480 e. The SMILES string of the molecule is COc1ncc(-c2nc3c(n2C(C)C)C2(C(=O)Nc4cc(Cl)ccc42)N(c2cc(C)cc(F)c2)C3=O)c(OC)n1. The van der Waals surface area contributed by atoms with Crippen LogP contribution in [0.4, 0.5) is 15.8 Å². The number of imidazole rings is 1. The number of amides is 2. The summed E-state index contributed by atoms with van der Waals surface area (Å²) < 4.78 is 27.2. The number of methoxy groups -OCH3 is 2. The molecule has 204 valence electrons. The number of aryl methyl sites for hydroxylation is 1. The fourth-order valence-corrected chi connectivity index (χ4v) is 5.80. The number of carbonyl (C=O) groups excluding carboxylic acids is 2. The summed E-state index contributed by atoms with van der Waals surface area (Å²) in [6.45, 7) is 5.53. The van der Waals surface area contributed by atoms with Gasteiger partial charge in [0.2, 0.25) is 5.88 Å². The monoisotopic (exact) mass is 562 g/mol. The summed E-state index contributed by atoms with van der Waals surface area (Å²) in [6, 6.07) is 9.03. The largest absolute Gasteiger partial charge is 0.480 e. The molecule has 2 amide bonds. The zero-order valence-electron chi connectivity index (χ0n) is 22.2. The zero-order chi connectivity index (χ0) is 28.5. The van der Waals surface area contributed by atoms with E-state index < -0.39 is 23.2 Å². The molecule has 0 fully saturated rings. The third-order valence-corrected chi connectivity index (χ3v) is 7.33. The Morgan fingerprint density at radius 1 is 1.07 bits per heavy atom. The first kappa shape index (κ1) is 25.8. The summed E-state index contributed by atoms with van der Waals surface area (Å²) in [7, 11) is 2.89. The van der Waals surface area contributed by atoms with E-state index in [1.165, 1.54) is 37.4 Å². The van der Waals surface area contributed by atoms with Gasteiger partial charge in [-0.2, -0.15) is 4.98 Å². The number of hydrogen-bond donors (Lipinski definition) is 1. The Bertz CT molecular complexity index is 1720. The maximum atomic E-state index is 14.7. The molecule has 10 nitrogen and oxygen atoms in total. The minimum absolute atomic E-state index is 0.0430. The van der Waals surface area contributed by atoms with Crippen LogP contribution in [0, 0.1) is 12.7 Å². The van der Waals surface area contributed by atoms with E-state index in [2.05, 4.69) is 15.3 Å². The number of nitrogens with zero attached hydrogens (tertiary/aromatic N) is 5. The first-order valence-electron chi connectivity index (χ1n) is 12.4. The van der Waals surface area contributed by atoms with Gasteiger partial charge in [0.1, 0.15) is 11.6 Å². The summed E-state index contributed by atoms with van der Waals surface area (Å²) in [4.78, 5) is 43.1. The molecule has 0 radical (unpaired) electrons. The molecule has 2 aromatic carbocycles. The van der Waals surface area contributed by atoms with Crippen molar-refractivity contribution in [2.24, 2.45) is 0 Å². The summed E-state index contributed by atoms with van der Waals surface area (Å²) in [5.74, 6) is -1.08. The van der Waals surface area contributed by atoms with Crippen molar-refractivity contribution in [2.75, 3.05) is 24.4 Å². The van der Waals surface area contributed by atoms with Crippen LogP contribution in [0.5, 0.6) is 11.9 Å². The fraction of sp³-hybridized carbons (Fsp3) is 0.250. The molecule has 4 heterocycles. The molecule has 1 unspecified atom stereocenters. The Balaban J connectivity index is 1.72. The molecule has 2 aromatic heterocycles. The van der Waals surface area contributed by atoms with E-state index in [0.717, 1.165) is 0 Å². The molecule has 0 aliphatic carbocycles. The van der Waals surface area contributed by atoms with Crippen LogP contribution in [0.25, 0.3) is 11.4 Å². The third kappa shape index (κ3) is 3.43. The number of nitrogens with one attached hydrogen (secondary N) is 1. The van der Waals surface area contributed by atoms with E-state index >= 15 is 0 Å². The van der Waals surface area contributed by atoms with Crippen molar-refractivity contribution in [1.82, 2.24) is 19.5 Å². The highest BCUT2D eigenvalue weighted by atomic mass is 35.5. The highest BCUT2D eigenvalue weighted by Crippen LogP contribution is 2.54. The quantitative estimate of drug-likeness (QED) is 0.368. The van der Waals surface area contributed by atoms with Gasteiger partial charge in [-0.25, -0.2) is 14.4 Å². The lowest BCUT2D eigenvalue weighted by Gasteiger charge is -2.36.